The second kappa shape index (κ2) is 4.73. The molecular formula is C15H17NOS. The van der Waals surface area contributed by atoms with Gasteiger partial charge in [0.25, 0.3) is 0 Å². The lowest BCUT2D eigenvalue weighted by Gasteiger charge is -2.18. The lowest BCUT2D eigenvalue weighted by atomic mass is 9.94. The van der Waals surface area contributed by atoms with Gasteiger partial charge in [-0.15, -0.1) is 11.3 Å². The summed E-state index contributed by atoms with van der Waals surface area (Å²) in [6, 6.07) is 8.58. The molecule has 0 fully saturated rings. The highest BCUT2D eigenvalue weighted by Gasteiger charge is 2.19. The van der Waals surface area contributed by atoms with Crippen LogP contribution >= 0.6 is 11.3 Å². The summed E-state index contributed by atoms with van der Waals surface area (Å²) in [5.74, 6) is 1.63. The molecule has 94 valence electrons. The molecule has 2 nitrogen and oxygen atoms in total. The van der Waals surface area contributed by atoms with Crippen LogP contribution in [-0.2, 0) is 0 Å². The van der Waals surface area contributed by atoms with Gasteiger partial charge in [0.15, 0.2) is 0 Å². The highest BCUT2D eigenvalue weighted by atomic mass is 32.1. The van der Waals surface area contributed by atoms with Gasteiger partial charge in [-0.2, -0.15) is 0 Å². The first kappa shape index (κ1) is 11.7. The molecule has 0 saturated carbocycles. The predicted octanol–water partition coefficient (Wildman–Crippen LogP) is 4.25. The van der Waals surface area contributed by atoms with Crippen LogP contribution in [0.4, 0.5) is 0 Å². The van der Waals surface area contributed by atoms with Crippen LogP contribution in [0.3, 0.4) is 0 Å². The number of fused-ring (bicyclic) bond motifs is 1. The summed E-state index contributed by atoms with van der Waals surface area (Å²) in [4.78, 5) is 5.97. The SMILES string of the molecule is COc1cccc2sc(C3CCN=C(C)C3)cc12. The van der Waals surface area contributed by atoms with Crippen LogP contribution in [0.2, 0.25) is 0 Å². The van der Waals surface area contributed by atoms with Gasteiger partial charge in [-0.25, -0.2) is 0 Å². The van der Waals surface area contributed by atoms with Gasteiger partial charge in [0.05, 0.1) is 7.11 Å². The van der Waals surface area contributed by atoms with E-state index in [1.165, 1.54) is 27.1 Å². The number of nitrogens with zero attached hydrogens (tertiary/aromatic N) is 1. The van der Waals surface area contributed by atoms with E-state index >= 15 is 0 Å². The van der Waals surface area contributed by atoms with E-state index in [-0.39, 0.29) is 0 Å². The normalized spacial score (nSPS) is 19.9. The maximum Gasteiger partial charge on any atom is 0.127 e. The van der Waals surface area contributed by atoms with Crippen molar-refractivity contribution < 1.29 is 4.74 Å². The Morgan fingerprint density at radius 3 is 3.06 bits per heavy atom. The fourth-order valence-electron chi connectivity index (χ4n) is 2.61. The Bertz CT molecular complexity index is 600. The maximum atomic E-state index is 5.43. The van der Waals surface area contributed by atoms with Crippen LogP contribution < -0.4 is 4.74 Å². The zero-order valence-corrected chi connectivity index (χ0v) is 11.6. The minimum Gasteiger partial charge on any atom is -0.496 e. The molecule has 1 unspecified atom stereocenters. The third kappa shape index (κ3) is 2.03. The van der Waals surface area contributed by atoms with Crippen molar-refractivity contribution in [1.29, 1.82) is 0 Å². The van der Waals surface area contributed by atoms with Gasteiger partial charge in [-0.3, -0.25) is 4.99 Å². The van der Waals surface area contributed by atoms with Gasteiger partial charge in [0.1, 0.15) is 5.75 Å². The lowest BCUT2D eigenvalue weighted by Crippen LogP contribution is -2.10. The number of rotatable bonds is 2. The summed E-state index contributed by atoms with van der Waals surface area (Å²) in [5, 5.41) is 1.25. The smallest absolute Gasteiger partial charge is 0.127 e. The van der Waals surface area contributed by atoms with Crippen LogP contribution in [0.1, 0.15) is 30.6 Å². The number of ether oxygens (including phenoxy) is 1. The van der Waals surface area contributed by atoms with Crippen LogP contribution in [-0.4, -0.2) is 19.4 Å². The van der Waals surface area contributed by atoms with E-state index in [0.29, 0.717) is 5.92 Å². The molecule has 0 N–H and O–H groups in total. The molecule has 1 aliphatic heterocycles. The van der Waals surface area contributed by atoms with Gasteiger partial charge in [-0.1, -0.05) is 6.07 Å². The number of methoxy groups -OCH3 is 1. The molecule has 2 aromatic rings. The molecule has 0 spiro atoms. The van der Waals surface area contributed by atoms with Crippen molar-refractivity contribution in [3.63, 3.8) is 0 Å². The summed E-state index contributed by atoms with van der Waals surface area (Å²) in [6.07, 6.45) is 2.28. The minimum absolute atomic E-state index is 0.643. The van der Waals surface area contributed by atoms with Gasteiger partial charge < -0.3 is 4.74 Å². The fraction of sp³-hybridized carbons (Fsp3) is 0.400. The maximum absolute atomic E-state index is 5.43. The molecule has 1 aromatic carbocycles. The molecule has 1 atom stereocenters. The predicted molar refractivity (Wildman–Crippen MR) is 78.3 cm³/mol. The Kier molecular flexibility index (Phi) is 3.08. The quantitative estimate of drug-likeness (QED) is 0.790. The van der Waals surface area contributed by atoms with Crippen molar-refractivity contribution in [1.82, 2.24) is 0 Å². The lowest BCUT2D eigenvalue weighted by molar-refractivity contribution is 0.420. The molecule has 18 heavy (non-hydrogen) atoms. The van der Waals surface area contributed by atoms with E-state index in [2.05, 4.69) is 30.1 Å². The van der Waals surface area contributed by atoms with E-state index in [1.807, 2.05) is 17.4 Å². The summed E-state index contributed by atoms with van der Waals surface area (Å²) < 4.78 is 6.76. The van der Waals surface area contributed by atoms with Crippen molar-refractivity contribution in [3.8, 4) is 5.75 Å². The standard InChI is InChI=1S/C15H17NOS/c1-10-8-11(6-7-16-10)15-9-12-13(17-2)4-3-5-14(12)18-15/h3-5,9,11H,6-8H2,1-2H3. The first-order valence-electron chi connectivity index (χ1n) is 6.34. The molecule has 3 heteroatoms. The molecule has 1 aliphatic rings. The van der Waals surface area contributed by atoms with Crippen molar-refractivity contribution >= 4 is 27.1 Å². The Morgan fingerprint density at radius 1 is 1.39 bits per heavy atom. The average molecular weight is 259 g/mol. The Balaban J connectivity index is 2.01. The van der Waals surface area contributed by atoms with Gasteiger partial charge in [0.2, 0.25) is 0 Å². The van der Waals surface area contributed by atoms with Crippen molar-refractivity contribution in [2.24, 2.45) is 4.99 Å². The first-order valence-corrected chi connectivity index (χ1v) is 7.16. The number of benzene rings is 1. The van der Waals surface area contributed by atoms with Crippen molar-refractivity contribution in [2.75, 3.05) is 13.7 Å². The summed E-state index contributed by atoms with van der Waals surface area (Å²) in [7, 11) is 1.74. The number of aliphatic imine (C=N–C) groups is 1. The number of hydrogen-bond donors (Lipinski definition) is 0. The zero-order chi connectivity index (χ0) is 12.5. The third-order valence-electron chi connectivity index (χ3n) is 3.56. The van der Waals surface area contributed by atoms with Gasteiger partial charge in [-0.05, 0) is 38.0 Å². The second-order valence-corrected chi connectivity index (χ2v) is 5.94. The Labute approximate surface area is 111 Å². The van der Waals surface area contributed by atoms with Gasteiger partial charge in [0, 0.05) is 33.1 Å². The average Bonchev–Trinajstić information content (AvgIpc) is 2.82. The Hall–Kier alpha value is -1.35. The molecule has 0 saturated heterocycles. The molecule has 1 aromatic heterocycles. The number of hydrogen-bond acceptors (Lipinski definition) is 3. The topological polar surface area (TPSA) is 21.6 Å². The summed E-state index contributed by atoms with van der Waals surface area (Å²) >= 11 is 1.90. The van der Waals surface area contributed by atoms with Crippen molar-refractivity contribution in [2.45, 2.75) is 25.7 Å². The van der Waals surface area contributed by atoms with Gasteiger partial charge >= 0.3 is 0 Å². The number of thiophene rings is 1. The van der Waals surface area contributed by atoms with Crippen LogP contribution in [0.5, 0.6) is 5.75 Å². The molecule has 3 rings (SSSR count). The van der Waals surface area contributed by atoms with E-state index in [9.17, 15) is 0 Å². The molecule has 0 radical (unpaired) electrons. The molecule has 0 amide bonds. The zero-order valence-electron chi connectivity index (χ0n) is 10.8. The summed E-state index contributed by atoms with van der Waals surface area (Å²) in [6.45, 7) is 3.11. The van der Waals surface area contributed by atoms with Crippen LogP contribution in [0.25, 0.3) is 10.1 Å². The summed E-state index contributed by atoms with van der Waals surface area (Å²) in [5.41, 5.74) is 1.29. The molecular weight excluding hydrogens is 242 g/mol. The second-order valence-electron chi connectivity index (χ2n) is 4.83. The molecule has 0 bridgehead atoms. The monoisotopic (exact) mass is 259 g/mol. The van der Waals surface area contributed by atoms with Crippen LogP contribution in [0.15, 0.2) is 29.3 Å². The molecule has 0 aliphatic carbocycles. The molecule has 2 heterocycles. The highest BCUT2D eigenvalue weighted by Crippen LogP contribution is 2.39. The van der Waals surface area contributed by atoms with E-state index < -0.39 is 0 Å². The fourth-order valence-corrected chi connectivity index (χ4v) is 3.82. The first-order chi connectivity index (χ1) is 8.78. The third-order valence-corrected chi connectivity index (χ3v) is 4.83. The highest BCUT2D eigenvalue weighted by molar-refractivity contribution is 7.19. The van der Waals surface area contributed by atoms with Crippen molar-refractivity contribution in [3.05, 3.63) is 29.1 Å². The van der Waals surface area contributed by atoms with E-state index in [1.54, 1.807) is 7.11 Å². The largest absolute Gasteiger partial charge is 0.496 e. The van der Waals surface area contributed by atoms with Crippen LogP contribution in [0, 0.1) is 0 Å². The Morgan fingerprint density at radius 2 is 2.28 bits per heavy atom. The van der Waals surface area contributed by atoms with E-state index in [4.69, 9.17) is 4.74 Å². The minimum atomic E-state index is 0.643. The van der Waals surface area contributed by atoms with E-state index in [0.717, 1.165) is 18.7 Å².